The van der Waals surface area contributed by atoms with Crippen LogP contribution in [-0.2, 0) is 0 Å². The summed E-state index contributed by atoms with van der Waals surface area (Å²) in [4.78, 5) is 0. The maximum atomic E-state index is 13.3. The molecule has 1 aliphatic rings. The number of ether oxygens (including phenoxy) is 1. The van der Waals surface area contributed by atoms with Gasteiger partial charge >= 0.3 is 0 Å². The van der Waals surface area contributed by atoms with Gasteiger partial charge in [0.1, 0.15) is 12.7 Å². The molecule has 3 nitrogen and oxygen atoms in total. The van der Waals surface area contributed by atoms with Crippen LogP contribution in [0.5, 0.6) is 5.75 Å². The van der Waals surface area contributed by atoms with Crippen LogP contribution in [0.1, 0.15) is 26.7 Å². The maximum absolute atomic E-state index is 13.3. The summed E-state index contributed by atoms with van der Waals surface area (Å²) in [6.45, 7) is 5.99. The van der Waals surface area contributed by atoms with Gasteiger partial charge < -0.3 is 15.2 Å². The van der Waals surface area contributed by atoms with E-state index in [-0.39, 0.29) is 12.4 Å². The first kappa shape index (κ1) is 15.3. The third kappa shape index (κ3) is 3.93. The summed E-state index contributed by atoms with van der Waals surface area (Å²) in [6.07, 6.45) is 1.90. The average Bonchev–Trinajstić information content (AvgIpc) is 3.19. The fourth-order valence-corrected chi connectivity index (χ4v) is 2.41. The molecule has 0 amide bonds. The van der Waals surface area contributed by atoms with Gasteiger partial charge in [0, 0.05) is 13.1 Å². The first-order valence-corrected chi connectivity index (χ1v) is 7.29. The minimum atomic E-state index is -0.627. The predicted molar refractivity (Wildman–Crippen MR) is 77.3 cm³/mol. The smallest absolute Gasteiger partial charge is 0.165 e. The Labute approximate surface area is 120 Å². The average molecular weight is 281 g/mol. The van der Waals surface area contributed by atoms with Crippen molar-refractivity contribution >= 4 is 0 Å². The molecule has 0 radical (unpaired) electrons. The number of aliphatic hydroxyl groups excluding tert-OH is 1. The zero-order chi connectivity index (χ0) is 14.6. The van der Waals surface area contributed by atoms with Crippen LogP contribution in [0, 0.1) is 17.2 Å². The summed E-state index contributed by atoms with van der Waals surface area (Å²) in [5.41, 5.74) is 0.423. The van der Waals surface area contributed by atoms with E-state index < -0.39 is 11.9 Å². The van der Waals surface area contributed by atoms with Crippen molar-refractivity contribution in [3.05, 3.63) is 30.1 Å². The number of para-hydroxylation sites is 1. The lowest BCUT2D eigenvalue weighted by molar-refractivity contribution is 0.102. The molecule has 0 heterocycles. The zero-order valence-electron chi connectivity index (χ0n) is 12.2. The SMILES string of the molecule is CC(C)C1(CNCC(O)COc2ccccc2F)CC1. The molecular weight excluding hydrogens is 257 g/mol. The first-order chi connectivity index (χ1) is 9.53. The van der Waals surface area contributed by atoms with Gasteiger partial charge in [0.25, 0.3) is 0 Å². The molecule has 1 saturated carbocycles. The number of halogens is 1. The van der Waals surface area contributed by atoms with Gasteiger partial charge in [-0.25, -0.2) is 4.39 Å². The molecule has 2 N–H and O–H groups in total. The van der Waals surface area contributed by atoms with Crippen molar-refractivity contribution in [3.8, 4) is 5.75 Å². The Bertz CT molecular complexity index is 432. The van der Waals surface area contributed by atoms with E-state index in [1.54, 1.807) is 18.2 Å². The highest BCUT2D eigenvalue weighted by Gasteiger charge is 2.44. The summed E-state index contributed by atoms with van der Waals surface area (Å²) in [7, 11) is 0. The lowest BCUT2D eigenvalue weighted by Gasteiger charge is -2.21. The van der Waals surface area contributed by atoms with E-state index in [0.29, 0.717) is 17.9 Å². The van der Waals surface area contributed by atoms with Crippen molar-refractivity contribution in [1.82, 2.24) is 5.32 Å². The summed E-state index contributed by atoms with van der Waals surface area (Å²) in [5, 5.41) is 13.1. The predicted octanol–water partition coefficient (Wildman–Crippen LogP) is 2.59. The highest BCUT2D eigenvalue weighted by molar-refractivity contribution is 5.23. The first-order valence-electron chi connectivity index (χ1n) is 7.29. The highest BCUT2D eigenvalue weighted by atomic mass is 19.1. The maximum Gasteiger partial charge on any atom is 0.165 e. The van der Waals surface area contributed by atoms with Gasteiger partial charge in [0.05, 0.1) is 0 Å². The van der Waals surface area contributed by atoms with Gasteiger partial charge in [-0.3, -0.25) is 0 Å². The van der Waals surface area contributed by atoms with Crippen molar-refractivity contribution in [2.24, 2.45) is 11.3 Å². The number of nitrogens with one attached hydrogen (secondary N) is 1. The van der Waals surface area contributed by atoms with Crippen LogP contribution in [0.4, 0.5) is 4.39 Å². The minimum absolute atomic E-state index is 0.0998. The van der Waals surface area contributed by atoms with Crippen molar-refractivity contribution in [2.75, 3.05) is 19.7 Å². The largest absolute Gasteiger partial charge is 0.488 e. The van der Waals surface area contributed by atoms with Crippen LogP contribution >= 0.6 is 0 Å². The molecule has 1 aromatic carbocycles. The molecule has 112 valence electrons. The monoisotopic (exact) mass is 281 g/mol. The molecule has 20 heavy (non-hydrogen) atoms. The van der Waals surface area contributed by atoms with Gasteiger partial charge in [0.2, 0.25) is 0 Å². The lowest BCUT2D eigenvalue weighted by Crippen LogP contribution is -2.36. The highest BCUT2D eigenvalue weighted by Crippen LogP contribution is 2.51. The van der Waals surface area contributed by atoms with Gasteiger partial charge in [0.15, 0.2) is 11.6 Å². The fourth-order valence-electron chi connectivity index (χ4n) is 2.41. The summed E-state index contributed by atoms with van der Waals surface area (Å²) < 4.78 is 18.6. The molecule has 1 fully saturated rings. The third-order valence-electron chi connectivity index (χ3n) is 4.24. The van der Waals surface area contributed by atoms with E-state index in [2.05, 4.69) is 19.2 Å². The molecule has 0 saturated heterocycles. The summed E-state index contributed by atoms with van der Waals surface area (Å²) in [5.74, 6) is 0.457. The van der Waals surface area contributed by atoms with E-state index in [4.69, 9.17) is 4.74 Å². The van der Waals surface area contributed by atoms with Crippen molar-refractivity contribution in [2.45, 2.75) is 32.8 Å². The molecule has 1 atom stereocenters. The normalized spacial score (nSPS) is 18.1. The van der Waals surface area contributed by atoms with E-state index in [0.717, 1.165) is 6.54 Å². The van der Waals surface area contributed by atoms with E-state index in [9.17, 15) is 9.50 Å². The second-order valence-electron chi connectivity index (χ2n) is 6.04. The molecule has 1 unspecified atom stereocenters. The van der Waals surface area contributed by atoms with Gasteiger partial charge in [-0.05, 0) is 36.3 Å². The molecule has 0 aromatic heterocycles. The Kier molecular flexibility index (Phi) is 5.00. The number of hydrogen-bond acceptors (Lipinski definition) is 3. The second-order valence-corrected chi connectivity index (χ2v) is 6.04. The Balaban J connectivity index is 1.66. The van der Waals surface area contributed by atoms with Gasteiger partial charge in [-0.2, -0.15) is 0 Å². The second kappa shape index (κ2) is 6.55. The quantitative estimate of drug-likeness (QED) is 0.769. The number of benzene rings is 1. The van der Waals surface area contributed by atoms with Crippen LogP contribution in [-0.4, -0.2) is 30.9 Å². The molecule has 1 aliphatic carbocycles. The van der Waals surface area contributed by atoms with E-state index in [1.807, 2.05) is 0 Å². The zero-order valence-corrected chi connectivity index (χ0v) is 12.2. The molecule has 1 aromatic rings. The summed E-state index contributed by atoms with van der Waals surface area (Å²) >= 11 is 0. The number of rotatable bonds is 8. The van der Waals surface area contributed by atoms with Crippen LogP contribution < -0.4 is 10.1 Å². The topological polar surface area (TPSA) is 41.5 Å². The molecule has 0 aliphatic heterocycles. The Morgan fingerprint density at radius 1 is 1.35 bits per heavy atom. The Morgan fingerprint density at radius 3 is 2.65 bits per heavy atom. The van der Waals surface area contributed by atoms with E-state index in [1.165, 1.54) is 18.9 Å². The van der Waals surface area contributed by atoms with Crippen molar-refractivity contribution < 1.29 is 14.2 Å². The van der Waals surface area contributed by atoms with Crippen LogP contribution in [0.2, 0.25) is 0 Å². The standard InChI is InChI=1S/C16H24FNO2/c1-12(2)16(7-8-16)11-18-9-13(19)10-20-15-6-4-3-5-14(15)17/h3-6,12-13,18-19H,7-11H2,1-2H3. The van der Waals surface area contributed by atoms with Gasteiger partial charge in [-0.15, -0.1) is 0 Å². The fraction of sp³-hybridized carbons (Fsp3) is 0.625. The van der Waals surface area contributed by atoms with Crippen LogP contribution in [0.3, 0.4) is 0 Å². The minimum Gasteiger partial charge on any atom is -0.488 e. The molecule has 4 heteroatoms. The Hall–Kier alpha value is -1.13. The van der Waals surface area contributed by atoms with Crippen molar-refractivity contribution in [1.29, 1.82) is 0 Å². The number of aliphatic hydroxyl groups is 1. The molecule has 0 spiro atoms. The third-order valence-corrected chi connectivity index (χ3v) is 4.24. The number of hydrogen-bond donors (Lipinski definition) is 2. The Morgan fingerprint density at radius 2 is 2.05 bits per heavy atom. The van der Waals surface area contributed by atoms with E-state index >= 15 is 0 Å². The molecular formula is C16H24FNO2. The lowest BCUT2D eigenvalue weighted by atomic mass is 9.92. The summed E-state index contributed by atoms with van der Waals surface area (Å²) in [6, 6.07) is 6.23. The van der Waals surface area contributed by atoms with Crippen LogP contribution in [0.15, 0.2) is 24.3 Å². The molecule has 0 bridgehead atoms. The van der Waals surface area contributed by atoms with Crippen molar-refractivity contribution in [3.63, 3.8) is 0 Å². The van der Waals surface area contributed by atoms with Gasteiger partial charge in [-0.1, -0.05) is 26.0 Å². The van der Waals surface area contributed by atoms with Crippen LogP contribution in [0.25, 0.3) is 0 Å². The molecule has 2 rings (SSSR count).